The fraction of sp³-hybridized carbons (Fsp3) is 0.562. The van der Waals surface area contributed by atoms with E-state index < -0.39 is 0 Å². The smallest absolute Gasteiger partial charge is 0.127 e. The van der Waals surface area contributed by atoms with E-state index in [0.717, 1.165) is 38.8 Å². The van der Waals surface area contributed by atoms with Crippen LogP contribution in [0, 0.1) is 5.41 Å². The Kier molecular flexibility index (Phi) is 4.13. The number of hydrogen-bond donors (Lipinski definition) is 0. The highest BCUT2D eigenvalue weighted by Gasteiger charge is 2.31. The monoisotopic (exact) mass is 260 g/mol. The molecule has 1 aromatic carbocycles. The van der Waals surface area contributed by atoms with E-state index in [1.54, 1.807) is 0 Å². The van der Waals surface area contributed by atoms with Crippen molar-refractivity contribution in [1.82, 2.24) is 0 Å². The number of hydrogen-bond acceptors (Lipinski definition) is 3. The van der Waals surface area contributed by atoms with Crippen molar-refractivity contribution in [3.05, 3.63) is 24.3 Å². The number of carbonyl (C=O) groups excluding carboxylic acids is 1. The Hall–Kier alpha value is -1.51. The van der Waals surface area contributed by atoms with Gasteiger partial charge in [0.1, 0.15) is 6.29 Å². The zero-order valence-electron chi connectivity index (χ0n) is 12.2. The molecule has 3 heteroatoms. The number of nitrogens with zero attached hydrogens (tertiary/aromatic N) is 2. The van der Waals surface area contributed by atoms with E-state index in [2.05, 4.69) is 55.0 Å². The number of benzene rings is 1. The molecule has 0 spiro atoms. The van der Waals surface area contributed by atoms with Gasteiger partial charge in [-0.2, -0.15) is 0 Å². The topological polar surface area (TPSA) is 23.6 Å². The van der Waals surface area contributed by atoms with Crippen molar-refractivity contribution in [2.75, 3.05) is 36.5 Å². The summed E-state index contributed by atoms with van der Waals surface area (Å²) in [5.41, 5.74) is 2.31. The second-order valence-corrected chi connectivity index (χ2v) is 5.52. The van der Waals surface area contributed by atoms with Gasteiger partial charge in [-0.05, 0) is 25.0 Å². The predicted octanol–water partition coefficient (Wildman–Crippen LogP) is 2.95. The molecule has 1 heterocycles. The Morgan fingerprint density at radius 3 is 2.37 bits per heavy atom. The molecule has 1 aromatic rings. The van der Waals surface area contributed by atoms with Gasteiger partial charge < -0.3 is 14.6 Å². The van der Waals surface area contributed by atoms with Crippen molar-refractivity contribution in [3.8, 4) is 0 Å². The lowest BCUT2D eigenvalue weighted by Gasteiger charge is -2.41. The Morgan fingerprint density at radius 2 is 1.79 bits per heavy atom. The number of anilines is 2. The number of carbonyl (C=O) groups is 1. The maximum atomic E-state index is 11.5. The molecule has 0 unspecified atom stereocenters. The van der Waals surface area contributed by atoms with Gasteiger partial charge in [-0.3, -0.25) is 0 Å². The van der Waals surface area contributed by atoms with Crippen LogP contribution in [0.4, 0.5) is 11.4 Å². The Labute approximate surface area is 116 Å². The van der Waals surface area contributed by atoms with Gasteiger partial charge in [-0.25, -0.2) is 0 Å². The van der Waals surface area contributed by atoms with Gasteiger partial charge in [-0.1, -0.05) is 26.0 Å². The summed E-state index contributed by atoms with van der Waals surface area (Å²) in [6, 6.07) is 8.46. The number of likely N-dealkylation sites (N-methyl/N-ethyl adjacent to an activating group) is 1. The first-order chi connectivity index (χ1) is 9.15. The molecule has 0 aliphatic carbocycles. The molecule has 3 nitrogen and oxygen atoms in total. The minimum atomic E-state index is -0.205. The Bertz CT molecular complexity index is 440. The molecule has 1 aliphatic rings. The van der Waals surface area contributed by atoms with Crippen LogP contribution in [0.1, 0.15) is 26.7 Å². The average Bonchev–Trinajstić information content (AvgIpc) is 2.48. The van der Waals surface area contributed by atoms with Gasteiger partial charge in [0.05, 0.1) is 11.4 Å². The number of rotatable bonds is 5. The summed E-state index contributed by atoms with van der Waals surface area (Å²) in [6.45, 7) is 7.05. The second kappa shape index (κ2) is 5.64. The lowest BCUT2D eigenvalue weighted by atomic mass is 9.83. The van der Waals surface area contributed by atoms with Crippen LogP contribution in [-0.4, -0.2) is 33.0 Å². The molecule has 19 heavy (non-hydrogen) atoms. The molecule has 0 saturated heterocycles. The first-order valence-corrected chi connectivity index (χ1v) is 7.17. The van der Waals surface area contributed by atoms with Gasteiger partial charge in [0.2, 0.25) is 0 Å². The van der Waals surface area contributed by atoms with Crippen LogP contribution in [-0.2, 0) is 4.79 Å². The summed E-state index contributed by atoms with van der Waals surface area (Å²) in [5, 5.41) is 0. The fourth-order valence-electron chi connectivity index (χ4n) is 2.79. The fourth-order valence-corrected chi connectivity index (χ4v) is 2.79. The normalized spacial score (nSPS) is 15.3. The third kappa shape index (κ3) is 2.60. The zero-order valence-corrected chi connectivity index (χ0v) is 12.2. The van der Waals surface area contributed by atoms with E-state index in [4.69, 9.17) is 0 Å². The number of aldehydes is 1. The number of fused-ring (bicyclic) bond motifs is 1. The van der Waals surface area contributed by atoms with Crippen molar-refractivity contribution in [1.29, 1.82) is 0 Å². The van der Waals surface area contributed by atoms with Crippen LogP contribution >= 0.6 is 0 Å². The quantitative estimate of drug-likeness (QED) is 0.760. The van der Waals surface area contributed by atoms with E-state index in [-0.39, 0.29) is 5.41 Å². The lowest BCUT2D eigenvalue weighted by Crippen LogP contribution is -2.45. The van der Waals surface area contributed by atoms with Crippen molar-refractivity contribution in [2.45, 2.75) is 26.7 Å². The van der Waals surface area contributed by atoms with Gasteiger partial charge in [0, 0.05) is 32.1 Å². The van der Waals surface area contributed by atoms with Gasteiger partial charge >= 0.3 is 0 Å². The summed E-state index contributed by atoms with van der Waals surface area (Å²) in [5.74, 6) is 0. The predicted molar refractivity (Wildman–Crippen MR) is 81.0 cm³/mol. The molecule has 0 amide bonds. The van der Waals surface area contributed by atoms with Crippen molar-refractivity contribution < 1.29 is 4.79 Å². The van der Waals surface area contributed by atoms with Crippen LogP contribution in [0.3, 0.4) is 0 Å². The van der Waals surface area contributed by atoms with Gasteiger partial charge in [-0.15, -0.1) is 0 Å². The lowest BCUT2D eigenvalue weighted by molar-refractivity contribution is -0.116. The van der Waals surface area contributed by atoms with Crippen LogP contribution in [0.5, 0.6) is 0 Å². The SMILES string of the molecule is CCC(C=O)(CC)CN1CCN(C)c2ccccc21. The van der Waals surface area contributed by atoms with Crippen molar-refractivity contribution in [3.63, 3.8) is 0 Å². The molecule has 2 rings (SSSR count). The van der Waals surface area contributed by atoms with E-state index in [0.29, 0.717) is 0 Å². The highest BCUT2D eigenvalue weighted by molar-refractivity contribution is 5.74. The summed E-state index contributed by atoms with van der Waals surface area (Å²) >= 11 is 0. The van der Waals surface area contributed by atoms with E-state index in [1.807, 2.05) is 0 Å². The number of para-hydroxylation sites is 2. The van der Waals surface area contributed by atoms with Crippen LogP contribution in [0.15, 0.2) is 24.3 Å². The van der Waals surface area contributed by atoms with E-state index in [9.17, 15) is 4.79 Å². The molecule has 1 aliphatic heterocycles. The van der Waals surface area contributed by atoms with E-state index >= 15 is 0 Å². The highest BCUT2D eigenvalue weighted by Crippen LogP contribution is 2.35. The third-order valence-corrected chi connectivity index (χ3v) is 4.50. The molecule has 0 bridgehead atoms. The Balaban J connectivity index is 2.28. The summed E-state index contributed by atoms with van der Waals surface area (Å²) in [7, 11) is 2.13. The Morgan fingerprint density at radius 1 is 1.16 bits per heavy atom. The van der Waals surface area contributed by atoms with Crippen LogP contribution < -0.4 is 9.80 Å². The summed E-state index contributed by atoms with van der Waals surface area (Å²) in [6.07, 6.45) is 2.97. The second-order valence-electron chi connectivity index (χ2n) is 5.52. The minimum absolute atomic E-state index is 0.205. The molecule has 104 valence electrons. The zero-order chi connectivity index (χ0) is 13.9. The maximum Gasteiger partial charge on any atom is 0.127 e. The van der Waals surface area contributed by atoms with Crippen molar-refractivity contribution in [2.24, 2.45) is 5.41 Å². The molecule has 0 saturated carbocycles. The first kappa shape index (κ1) is 13.9. The average molecular weight is 260 g/mol. The molecular weight excluding hydrogens is 236 g/mol. The molecule has 0 fully saturated rings. The van der Waals surface area contributed by atoms with E-state index in [1.165, 1.54) is 11.4 Å². The van der Waals surface area contributed by atoms with Gasteiger partial charge in [0.25, 0.3) is 0 Å². The molecule has 0 N–H and O–H groups in total. The standard InChI is InChI=1S/C16H24N2O/c1-4-16(5-2,13-19)12-18-11-10-17(3)14-8-6-7-9-15(14)18/h6-9,13H,4-5,10-12H2,1-3H3. The molecule has 0 atom stereocenters. The van der Waals surface area contributed by atoms with Crippen LogP contribution in [0.25, 0.3) is 0 Å². The first-order valence-electron chi connectivity index (χ1n) is 7.17. The maximum absolute atomic E-state index is 11.5. The summed E-state index contributed by atoms with van der Waals surface area (Å²) in [4.78, 5) is 16.2. The minimum Gasteiger partial charge on any atom is -0.371 e. The molecule has 0 radical (unpaired) electrons. The highest BCUT2D eigenvalue weighted by atomic mass is 16.1. The van der Waals surface area contributed by atoms with Crippen LogP contribution in [0.2, 0.25) is 0 Å². The summed E-state index contributed by atoms with van der Waals surface area (Å²) < 4.78 is 0. The molecule has 0 aromatic heterocycles. The molecular formula is C16H24N2O. The third-order valence-electron chi connectivity index (χ3n) is 4.50. The van der Waals surface area contributed by atoms with Crippen molar-refractivity contribution >= 4 is 17.7 Å². The largest absolute Gasteiger partial charge is 0.371 e. The van der Waals surface area contributed by atoms with Gasteiger partial charge in [0.15, 0.2) is 0 Å².